The summed E-state index contributed by atoms with van der Waals surface area (Å²) in [4.78, 5) is 29.4. The van der Waals surface area contributed by atoms with Gasteiger partial charge in [-0.3, -0.25) is 9.59 Å². The molecule has 2 aromatic rings. The second kappa shape index (κ2) is 11.1. The van der Waals surface area contributed by atoms with Gasteiger partial charge in [0, 0.05) is 47.8 Å². The van der Waals surface area contributed by atoms with E-state index in [1.54, 1.807) is 0 Å². The predicted octanol–water partition coefficient (Wildman–Crippen LogP) is 5.75. The van der Waals surface area contributed by atoms with E-state index in [1.165, 1.54) is 5.56 Å². The molecule has 37 heavy (non-hydrogen) atoms. The smallest absolute Gasteiger partial charge is 0.162 e. The molecule has 0 unspecified atom stereocenters. The van der Waals surface area contributed by atoms with Gasteiger partial charge in [-0.05, 0) is 62.3 Å². The van der Waals surface area contributed by atoms with Crippen LogP contribution in [0.5, 0.6) is 11.5 Å². The molecular weight excluding hydrogens is 462 g/mol. The number of nitrogens with zero attached hydrogens (tertiary/aromatic N) is 1. The Kier molecular flexibility index (Phi) is 7.46. The van der Waals surface area contributed by atoms with Crippen LogP contribution in [0.15, 0.2) is 71.1 Å². The normalized spacial score (nSPS) is 17.9. The standard InChI is InChI=1S/C32H33NO4/c1-3-20-37-28-17-16-23(21-29(28)36-4-2)30-31-24(12-8-14-26(31)34)33(19-18-22-10-6-5-7-11-22)25-13-9-15-27(35)32(25)30/h1,5-7,10-11,16-17,21,30H,4,8-9,12-15,18-20H2,2H3. The molecule has 5 rings (SSSR count). The van der Waals surface area contributed by atoms with Crippen molar-refractivity contribution in [2.75, 3.05) is 19.8 Å². The number of hydrogen-bond acceptors (Lipinski definition) is 5. The summed E-state index contributed by atoms with van der Waals surface area (Å²) in [5.74, 6) is 3.55. The van der Waals surface area contributed by atoms with Crippen molar-refractivity contribution in [3.05, 3.63) is 82.2 Å². The molecule has 0 bridgehead atoms. The number of ether oxygens (including phenoxy) is 2. The van der Waals surface area contributed by atoms with Crippen LogP contribution in [0.1, 0.15) is 62.5 Å². The number of carbonyl (C=O) groups is 2. The van der Waals surface area contributed by atoms with E-state index in [4.69, 9.17) is 15.9 Å². The summed E-state index contributed by atoms with van der Waals surface area (Å²) in [6.45, 7) is 3.28. The van der Waals surface area contributed by atoms with E-state index in [-0.39, 0.29) is 24.1 Å². The highest BCUT2D eigenvalue weighted by molar-refractivity contribution is 6.06. The summed E-state index contributed by atoms with van der Waals surface area (Å²) in [6.07, 6.45) is 10.6. The third-order valence-corrected chi connectivity index (χ3v) is 7.47. The van der Waals surface area contributed by atoms with E-state index in [2.05, 4.69) is 35.1 Å². The largest absolute Gasteiger partial charge is 0.490 e. The summed E-state index contributed by atoms with van der Waals surface area (Å²) in [5, 5.41) is 0. The van der Waals surface area contributed by atoms with Gasteiger partial charge in [0.25, 0.3) is 0 Å². The summed E-state index contributed by atoms with van der Waals surface area (Å²) in [7, 11) is 0. The topological polar surface area (TPSA) is 55.8 Å². The third-order valence-electron chi connectivity index (χ3n) is 7.47. The van der Waals surface area contributed by atoms with Gasteiger partial charge in [-0.25, -0.2) is 0 Å². The highest BCUT2D eigenvalue weighted by Crippen LogP contribution is 2.50. The van der Waals surface area contributed by atoms with Crippen LogP contribution in [-0.4, -0.2) is 36.2 Å². The number of ketones is 2. The molecule has 0 saturated carbocycles. The van der Waals surface area contributed by atoms with Gasteiger partial charge in [0.05, 0.1) is 6.61 Å². The lowest BCUT2D eigenvalue weighted by molar-refractivity contribution is -0.117. The van der Waals surface area contributed by atoms with Crippen LogP contribution in [0, 0.1) is 12.3 Å². The molecule has 1 heterocycles. The third kappa shape index (κ3) is 4.93. The summed E-state index contributed by atoms with van der Waals surface area (Å²) < 4.78 is 11.6. The van der Waals surface area contributed by atoms with E-state index >= 15 is 0 Å². The Bertz CT molecular complexity index is 1250. The number of hydrogen-bond donors (Lipinski definition) is 0. The predicted molar refractivity (Wildman–Crippen MR) is 143 cm³/mol. The SMILES string of the molecule is C#CCOc1ccc(C2C3=C(CCCC3=O)N(CCc3ccccc3)C3=C2C(=O)CCC3)cc1OCC. The zero-order valence-corrected chi connectivity index (χ0v) is 21.4. The maximum atomic E-state index is 13.5. The number of Topliss-reactive ketones (excluding diaryl/α,β-unsaturated/α-hetero) is 2. The van der Waals surface area contributed by atoms with Crippen LogP contribution in [0.2, 0.25) is 0 Å². The minimum atomic E-state index is -0.375. The van der Waals surface area contributed by atoms with Crippen molar-refractivity contribution in [1.82, 2.24) is 4.90 Å². The van der Waals surface area contributed by atoms with Crippen LogP contribution in [0.4, 0.5) is 0 Å². The molecule has 0 spiro atoms. The summed E-state index contributed by atoms with van der Waals surface area (Å²) in [6, 6.07) is 16.1. The molecule has 0 atom stereocenters. The lowest BCUT2D eigenvalue weighted by atomic mass is 9.71. The Balaban J connectivity index is 1.61. The first kappa shape index (κ1) is 24.9. The Morgan fingerprint density at radius 1 is 0.892 bits per heavy atom. The first-order valence-corrected chi connectivity index (χ1v) is 13.3. The Labute approximate surface area is 219 Å². The Hall–Kier alpha value is -3.78. The van der Waals surface area contributed by atoms with Gasteiger partial charge in [0.15, 0.2) is 23.1 Å². The minimum Gasteiger partial charge on any atom is -0.490 e. The van der Waals surface area contributed by atoms with Gasteiger partial charge in [0.2, 0.25) is 0 Å². The van der Waals surface area contributed by atoms with Crippen LogP contribution >= 0.6 is 0 Å². The molecule has 2 aromatic carbocycles. The Morgan fingerprint density at radius 2 is 1.57 bits per heavy atom. The molecule has 5 nitrogen and oxygen atoms in total. The molecule has 0 N–H and O–H groups in total. The molecular formula is C32H33NO4. The molecule has 3 aliphatic rings. The second-order valence-electron chi connectivity index (χ2n) is 9.73. The number of terminal acetylenes is 1. The molecule has 0 amide bonds. The monoisotopic (exact) mass is 495 g/mol. The van der Waals surface area contributed by atoms with Crippen molar-refractivity contribution in [3.8, 4) is 23.8 Å². The summed E-state index contributed by atoms with van der Waals surface area (Å²) >= 11 is 0. The molecule has 190 valence electrons. The molecule has 2 aliphatic carbocycles. The molecule has 0 radical (unpaired) electrons. The van der Waals surface area contributed by atoms with Gasteiger partial charge in [0.1, 0.15) is 6.61 Å². The number of allylic oxidation sites excluding steroid dienone is 4. The van der Waals surface area contributed by atoms with Crippen LogP contribution in [-0.2, 0) is 16.0 Å². The van der Waals surface area contributed by atoms with Crippen molar-refractivity contribution in [2.45, 2.75) is 57.8 Å². The van der Waals surface area contributed by atoms with E-state index in [9.17, 15) is 9.59 Å². The zero-order chi connectivity index (χ0) is 25.8. The molecule has 0 aromatic heterocycles. The maximum absolute atomic E-state index is 13.5. The van der Waals surface area contributed by atoms with E-state index in [0.29, 0.717) is 30.9 Å². The lowest BCUT2D eigenvalue weighted by Gasteiger charge is -2.44. The van der Waals surface area contributed by atoms with Gasteiger partial charge < -0.3 is 14.4 Å². The fourth-order valence-electron chi connectivity index (χ4n) is 5.92. The molecule has 5 heteroatoms. The van der Waals surface area contributed by atoms with Crippen LogP contribution in [0.25, 0.3) is 0 Å². The van der Waals surface area contributed by atoms with Crippen molar-refractivity contribution < 1.29 is 19.1 Å². The van der Waals surface area contributed by atoms with Crippen LogP contribution < -0.4 is 9.47 Å². The summed E-state index contributed by atoms with van der Waals surface area (Å²) in [5.41, 5.74) is 5.90. The van der Waals surface area contributed by atoms with Crippen molar-refractivity contribution >= 4 is 11.6 Å². The second-order valence-corrected chi connectivity index (χ2v) is 9.73. The van der Waals surface area contributed by atoms with Gasteiger partial charge in [-0.2, -0.15) is 0 Å². The molecule has 1 aliphatic heterocycles. The van der Waals surface area contributed by atoms with Crippen molar-refractivity contribution in [3.63, 3.8) is 0 Å². The average molecular weight is 496 g/mol. The van der Waals surface area contributed by atoms with E-state index in [1.807, 2.05) is 31.2 Å². The number of carbonyl (C=O) groups excluding carboxylic acids is 2. The fourth-order valence-corrected chi connectivity index (χ4v) is 5.92. The number of benzene rings is 2. The van der Waals surface area contributed by atoms with E-state index in [0.717, 1.165) is 66.8 Å². The van der Waals surface area contributed by atoms with E-state index < -0.39 is 0 Å². The number of rotatable bonds is 8. The quantitative estimate of drug-likeness (QED) is 0.436. The van der Waals surface area contributed by atoms with Crippen molar-refractivity contribution in [1.29, 1.82) is 0 Å². The molecule has 0 fully saturated rings. The lowest BCUT2D eigenvalue weighted by Crippen LogP contribution is -2.39. The highest BCUT2D eigenvalue weighted by Gasteiger charge is 2.43. The first-order chi connectivity index (χ1) is 18.1. The molecule has 0 saturated heterocycles. The fraction of sp³-hybridized carbons (Fsp3) is 0.375. The van der Waals surface area contributed by atoms with Crippen molar-refractivity contribution in [2.24, 2.45) is 0 Å². The Morgan fingerprint density at radius 3 is 2.19 bits per heavy atom. The van der Waals surface area contributed by atoms with Gasteiger partial charge >= 0.3 is 0 Å². The minimum absolute atomic E-state index is 0.140. The van der Waals surface area contributed by atoms with Crippen LogP contribution in [0.3, 0.4) is 0 Å². The first-order valence-electron chi connectivity index (χ1n) is 13.3. The van der Waals surface area contributed by atoms with Gasteiger partial charge in [-0.1, -0.05) is 42.3 Å². The average Bonchev–Trinajstić information content (AvgIpc) is 2.92. The zero-order valence-electron chi connectivity index (χ0n) is 21.4. The highest BCUT2D eigenvalue weighted by atomic mass is 16.5. The maximum Gasteiger partial charge on any atom is 0.162 e. The van der Waals surface area contributed by atoms with Gasteiger partial charge in [-0.15, -0.1) is 6.42 Å².